The topological polar surface area (TPSA) is 90.0 Å². The third-order valence-corrected chi connectivity index (χ3v) is 4.65. The van der Waals surface area contributed by atoms with E-state index < -0.39 is 10.0 Å². The summed E-state index contributed by atoms with van der Waals surface area (Å²) in [6.07, 6.45) is 3.64. The van der Waals surface area contributed by atoms with Crippen LogP contribution in [-0.2, 0) is 23.1 Å². The predicted molar refractivity (Wildman–Crippen MR) is 74.2 cm³/mol. The van der Waals surface area contributed by atoms with Gasteiger partial charge in [0.1, 0.15) is 4.90 Å². The maximum Gasteiger partial charge on any atom is 0.243 e. The number of sulfonamides is 1. The summed E-state index contributed by atoms with van der Waals surface area (Å²) >= 11 is 1.54. The minimum atomic E-state index is -3.50. The lowest BCUT2D eigenvalue weighted by Crippen LogP contribution is -2.22. The van der Waals surface area contributed by atoms with Gasteiger partial charge in [0.15, 0.2) is 0 Å². The van der Waals surface area contributed by atoms with Gasteiger partial charge in [0, 0.05) is 19.3 Å². The molecule has 0 atom stereocenters. The highest BCUT2D eigenvalue weighted by molar-refractivity contribution is 7.89. The molecule has 2 heterocycles. The molecule has 104 valence electrons. The second-order valence-electron chi connectivity index (χ2n) is 4.04. The number of nitrogens with zero attached hydrogens (tertiary/aromatic N) is 2. The van der Waals surface area contributed by atoms with Crippen LogP contribution in [0, 0.1) is 0 Å². The smallest absolute Gasteiger partial charge is 0.243 e. The Balaban J connectivity index is 2.00. The van der Waals surface area contributed by atoms with Crippen LogP contribution in [0.15, 0.2) is 34.1 Å². The lowest BCUT2D eigenvalue weighted by Gasteiger charge is -2.03. The molecule has 0 saturated carbocycles. The Hall–Kier alpha value is -1.22. The van der Waals surface area contributed by atoms with E-state index in [1.165, 1.54) is 23.7 Å². The van der Waals surface area contributed by atoms with E-state index in [1.54, 1.807) is 4.68 Å². The highest BCUT2D eigenvalue weighted by Crippen LogP contribution is 2.10. The fourth-order valence-electron chi connectivity index (χ4n) is 1.51. The second-order valence-corrected chi connectivity index (χ2v) is 6.58. The molecule has 3 N–H and O–H groups in total. The van der Waals surface area contributed by atoms with Gasteiger partial charge in [0.25, 0.3) is 0 Å². The Bertz CT molecular complexity index is 604. The Morgan fingerprint density at radius 2 is 2.32 bits per heavy atom. The molecule has 2 aromatic rings. The summed E-state index contributed by atoms with van der Waals surface area (Å²) in [7, 11) is -3.50. The monoisotopic (exact) mass is 300 g/mol. The van der Waals surface area contributed by atoms with Gasteiger partial charge in [-0.1, -0.05) is 0 Å². The van der Waals surface area contributed by atoms with Crippen molar-refractivity contribution >= 4 is 21.4 Å². The van der Waals surface area contributed by atoms with E-state index in [0.29, 0.717) is 19.6 Å². The van der Waals surface area contributed by atoms with Gasteiger partial charge in [-0.3, -0.25) is 4.68 Å². The van der Waals surface area contributed by atoms with Crippen molar-refractivity contribution in [3.63, 3.8) is 0 Å². The maximum absolute atomic E-state index is 12.0. The van der Waals surface area contributed by atoms with Crippen LogP contribution < -0.4 is 10.5 Å². The Morgan fingerprint density at radius 1 is 1.47 bits per heavy atom. The largest absolute Gasteiger partial charge is 0.330 e. The van der Waals surface area contributed by atoms with Gasteiger partial charge in [-0.2, -0.15) is 16.4 Å². The number of nitrogens with two attached hydrogens (primary N) is 1. The summed E-state index contributed by atoms with van der Waals surface area (Å²) < 4.78 is 28.2. The van der Waals surface area contributed by atoms with Gasteiger partial charge in [-0.25, -0.2) is 13.1 Å². The molecular weight excluding hydrogens is 284 g/mol. The molecule has 0 aliphatic carbocycles. The number of thiophene rings is 1. The van der Waals surface area contributed by atoms with Gasteiger partial charge < -0.3 is 5.73 Å². The summed E-state index contributed by atoms with van der Waals surface area (Å²) in [6.45, 7) is 1.47. The summed E-state index contributed by atoms with van der Waals surface area (Å²) in [6, 6.07) is 1.89. The van der Waals surface area contributed by atoms with Crippen molar-refractivity contribution in [1.82, 2.24) is 14.5 Å². The summed E-state index contributed by atoms with van der Waals surface area (Å²) in [5, 5.41) is 7.83. The first-order chi connectivity index (χ1) is 9.12. The van der Waals surface area contributed by atoms with Crippen molar-refractivity contribution in [1.29, 1.82) is 0 Å². The van der Waals surface area contributed by atoms with E-state index in [2.05, 4.69) is 9.82 Å². The lowest BCUT2D eigenvalue weighted by molar-refractivity contribution is 0.576. The summed E-state index contributed by atoms with van der Waals surface area (Å²) in [5.74, 6) is 0. The first kappa shape index (κ1) is 14.2. The fourth-order valence-corrected chi connectivity index (χ4v) is 3.15. The van der Waals surface area contributed by atoms with Crippen LogP contribution in [0.3, 0.4) is 0 Å². The molecule has 0 saturated heterocycles. The number of hydrogen-bond acceptors (Lipinski definition) is 5. The number of aromatic nitrogens is 2. The molecule has 2 aromatic heterocycles. The highest BCUT2D eigenvalue weighted by Gasteiger charge is 2.16. The van der Waals surface area contributed by atoms with Crippen LogP contribution in [0.4, 0.5) is 0 Å². The van der Waals surface area contributed by atoms with Crippen molar-refractivity contribution in [2.45, 2.75) is 24.4 Å². The number of hydrogen-bond donors (Lipinski definition) is 2. The molecule has 6 nitrogen and oxygen atoms in total. The standard InChI is InChI=1S/C11H16N4O2S2/c12-3-1-4-15-8-11(7-13-15)19(16,17)14-6-10-2-5-18-9-10/h2,5,7-9,14H,1,3-4,6,12H2. The molecule has 0 radical (unpaired) electrons. The molecule has 2 rings (SSSR count). The molecule has 0 aliphatic heterocycles. The van der Waals surface area contributed by atoms with Gasteiger partial charge >= 0.3 is 0 Å². The van der Waals surface area contributed by atoms with Crippen molar-refractivity contribution in [3.8, 4) is 0 Å². The minimum absolute atomic E-state index is 0.180. The number of nitrogens with one attached hydrogen (secondary N) is 1. The second kappa shape index (κ2) is 6.29. The number of aryl methyl sites for hydroxylation is 1. The molecular formula is C11H16N4O2S2. The van der Waals surface area contributed by atoms with Crippen molar-refractivity contribution in [3.05, 3.63) is 34.8 Å². The molecule has 19 heavy (non-hydrogen) atoms. The van der Waals surface area contributed by atoms with E-state index in [4.69, 9.17) is 5.73 Å². The van der Waals surface area contributed by atoms with Crippen LogP contribution in [0.2, 0.25) is 0 Å². The van der Waals surface area contributed by atoms with Gasteiger partial charge in [0.2, 0.25) is 10.0 Å². The van der Waals surface area contributed by atoms with Crippen molar-refractivity contribution < 1.29 is 8.42 Å². The molecule has 0 spiro atoms. The SMILES string of the molecule is NCCCn1cc(S(=O)(=O)NCc2ccsc2)cn1. The average molecular weight is 300 g/mol. The van der Waals surface area contributed by atoms with E-state index >= 15 is 0 Å². The third-order valence-electron chi connectivity index (χ3n) is 2.56. The molecule has 0 aromatic carbocycles. The highest BCUT2D eigenvalue weighted by atomic mass is 32.2. The van der Waals surface area contributed by atoms with Crippen LogP contribution in [0.1, 0.15) is 12.0 Å². The predicted octanol–water partition coefficient (Wildman–Crippen LogP) is 0.772. The van der Waals surface area contributed by atoms with Crippen LogP contribution in [-0.4, -0.2) is 24.7 Å². The minimum Gasteiger partial charge on any atom is -0.330 e. The Kier molecular flexibility index (Phi) is 4.70. The quantitative estimate of drug-likeness (QED) is 0.790. The van der Waals surface area contributed by atoms with Crippen LogP contribution in [0.25, 0.3) is 0 Å². The Morgan fingerprint density at radius 3 is 3.00 bits per heavy atom. The maximum atomic E-state index is 12.0. The van der Waals surface area contributed by atoms with E-state index in [9.17, 15) is 8.42 Å². The van der Waals surface area contributed by atoms with Crippen molar-refractivity contribution in [2.75, 3.05) is 6.54 Å². The van der Waals surface area contributed by atoms with Crippen LogP contribution in [0.5, 0.6) is 0 Å². The van der Waals surface area contributed by atoms with Gasteiger partial charge in [-0.05, 0) is 35.4 Å². The van der Waals surface area contributed by atoms with E-state index in [0.717, 1.165) is 12.0 Å². The zero-order chi connectivity index (χ0) is 13.7. The lowest BCUT2D eigenvalue weighted by atomic mass is 10.4. The molecule has 8 heteroatoms. The molecule has 0 fully saturated rings. The third kappa shape index (κ3) is 3.87. The van der Waals surface area contributed by atoms with Crippen molar-refractivity contribution in [2.24, 2.45) is 5.73 Å². The van der Waals surface area contributed by atoms with Crippen LogP contribution >= 0.6 is 11.3 Å². The molecule has 0 amide bonds. The zero-order valence-corrected chi connectivity index (χ0v) is 12.0. The first-order valence-electron chi connectivity index (χ1n) is 5.85. The Labute approximate surface area is 116 Å². The van der Waals surface area contributed by atoms with Gasteiger partial charge in [0.05, 0.1) is 6.20 Å². The summed E-state index contributed by atoms with van der Waals surface area (Å²) in [5.41, 5.74) is 6.35. The van der Waals surface area contributed by atoms with E-state index in [-0.39, 0.29) is 4.90 Å². The summed E-state index contributed by atoms with van der Waals surface area (Å²) in [4.78, 5) is 0.180. The molecule has 0 unspecified atom stereocenters. The normalized spacial score (nSPS) is 11.8. The van der Waals surface area contributed by atoms with Gasteiger partial charge in [-0.15, -0.1) is 0 Å². The zero-order valence-electron chi connectivity index (χ0n) is 10.3. The molecule has 0 aliphatic rings. The molecule has 0 bridgehead atoms. The fraction of sp³-hybridized carbons (Fsp3) is 0.364. The number of rotatable bonds is 7. The average Bonchev–Trinajstić information content (AvgIpc) is 3.05. The first-order valence-corrected chi connectivity index (χ1v) is 8.27. The van der Waals surface area contributed by atoms with E-state index in [1.807, 2.05) is 16.8 Å².